The quantitative estimate of drug-likeness (QED) is 0.782. The van der Waals surface area contributed by atoms with Gasteiger partial charge in [0, 0.05) is 47.7 Å². The minimum atomic E-state index is -0.309. The number of hydrogen-bond acceptors (Lipinski definition) is 5. The van der Waals surface area contributed by atoms with E-state index in [9.17, 15) is 5.11 Å². The maximum absolute atomic E-state index is 9.85. The monoisotopic (exact) mass is 352 g/mol. The van der Waals surface area contributed by atoms with Crippen LogP contribution in [0.3, 0.4) is 0 Å². The molecule has 6 heteroatoms. The molecule has 3 aromatic rings. The van der Waals surface area contributed by atoms with Crippen molar-refractivity contribution in [2.75, 3.05) is 18.0 Å². The fraction of sp³-hybridized carbons (Fsp3) is 0.211. The van der Waals surface area contributed by atoms with Crippen molar-refractivity contribution >= 4 is 17.4 Å². The van der Waals surface area contributed by atoms with Crippen molar-refractivity contribution in [2.45, 2.75) is 12.5 Å². The molecule has 0 bridgehead atoms. The van der Waals surface area contributed by atoms with Crippen LogP contribution in [0.1, 0.15) is 6.42 Å². The Balaban J connectivity index is 1.81. The molecule has 1 fully saturated rings. The van der Waals surface area contributed by atoms with Gasteiger partial charge in [0.15, 0.2) is 5.82 Å². The molecule has 0 saturated carbocycles. The summed E-state index contributed by atoms with van der Waals surface area (Å²) in [6.07, 6.45) is 3.92. The third kappa shape index (κ3) is 3.48. The molecule has 0 spiro atoms. The van der Waals surface area contributed by atoms with Gasteiger partial charge in [0.05, 0.1) is 11.8 Å². The zero-order valence-electron chi connectivity index (χ0n) is 13.5. The molecule has 0 radical (unpaired) electrons. The Morgan fingerprint density at radius 2 is 1.92 bits per heavy atom. The van der Waals surface area contributed by atoms with Gasteiger partial charge in [-0.25, -0.2) is 9.97 Å². The van der Waals surface area contributed by atoms with Gasteiger partial charge in [0.25, 0.3) is 0 Å². The van der Waals surface area contributed by atoms with Gasteiger partial charge in [-0.15, -0.1) is 0 Å². The van der Waals surface area contributed by atoms with Crippen LogP contribution >= 0.6 is 11.6 Å². The second-order valence-corrected chi connectivity index (χ2v) is 6.51. The number of aliphatic hydroxyl groups is 1. The molecule has 1 aliphatic rings. The Hall–Kier alpha value is -2.50. The number of halogens is 1. The van der Waals surface area contributed by atoms with Crippen molar-refractivity contribution < 1.29 is 5.11 Å². The summed E-state index contributed by atoms with van der Waals surface area (Å²) in [6.45, 7) is 1.37. The lowest BCUT2D eigenvalue weighted by atomic mass is 10.1. The average Bonchev–Trinajstić information content (AvgIpc) is 3.09. The Morgan fingerprint density at radius 3 is 2.60 bits per heavy atom. The molecule has 1 N–H and O–H groups in total. The highest BCUT2D eigenvalue weighted by atomic mass is 35.5. The van der Waals surface area contributed by atoms with Gasteiger partial charge in [0.2, 0.25) is 0 Å². The van der Waals surface area contributed by atoms with E-state index in [1.54, 1.807) is 12.4 Å². The van der Waals surface area contributed by atoms with Crippen LogP contribution in [0.25, 0.3) is 22.6 Å². The number of nitrogens with zero attached hydrogens (tertiary/aromatic N) is 4. The van der Waals surface area contributed by atoms with Crippen molar-refractivity contribution in [2.24, 2.45) is 0 Å². The van der Waals surface area contributed by atoms with Crippen molar-refractivity contribution in [3.05, 3.63) is 59.9 Å². The maximum atomic E-state index is 9.85. The predicted molar refractivity (Wildman–Crippen MR) is 98.5 cm³/mol. The Kier molecular flexibility index (Phi) is 4.34. The third-order valence-electron chi connectivity index (χ3n) is 4.26. The molecule has 1 atom stereocenters. The van der Waals surface area contributed by atoms with E-state index in [4.69, 9.17) is 21.6 Å². The van der Waals surface area contributed by atoms with E-state index < -0.39 is 0 Å². The molecule has 4 rings (SSSR count). The van der Waals surface area contributed by atoms with Crippen molar-refractivity contribution in [1.82, 2.24) is 15.0 Å². The number of aliphatic hydroxyl groups excluding tert-OH is 1. The Morgan fingerprint density at radius 1 is 1.08 bits per heavy atom. The first-order valence-electron chi connectivity index (χ1n) is 8.17. The first kappa shape index (κ1) is 16.0. The summed E-state index contributed by atoms with van der Waals surface area (Å²) in [5.74, 6) is 1.44. The number of hydrogen-bond donors (Lipinski definition) is 1. The SMILES string of the molecule is O[C@@H]1CCN(c2cc(-c3ccc(Cl)cc3)nc(-c3cccnc3)n2)C1. The first-order chi connectivity index (χ1) is 12.2. The van der Waals surface area contributed by atoms with Crippen molar-refractivity contribution in [3.63, 3.8) is 0 Å². The number of benzene rings is 1. The highest BCUT2D eigenvalue weighted by Gasteiger charge is 2.23. The van der Waals surface area contributed by atoms with Gasteiger partial charge in [-0.3, -0.25) is 4.98 Å². The van der Waals surface area contributed by atoms with Gasteiger partial charge >= 0.3 is 0 Å². The zero-order valence-corrected chi connectivity index (χ0v) is 14.3. The Labute approximate surface area is 151 Å². The van der Waals surface area contributed by atoms with Crippen LogP contribution in [0, 0.1) is 0 Å². The smallest absolute Gasteiger partial charge is 0.163 e. The van der Waals surface area contributed by atoms with E-state index in [0.717, 1.165) is 35.6 Å². The lowest BCUT2D eigenvalue weighted by Gasteiger charge is -2.18. The molecule has 1 aromatic carbocycles. The van der Waals surface area contributed by atoms with Gasteiger partial charge in [0.1, 0.15) is 5.82 Å². The normalized spacial score (nSPS) is 17.0. The molecule has 1 aliphatic heterocycles. The van der Waals surface area contributed by atoms with Crippen LogP contribution in [0.4, 0.5) is 5.82 Å². The summed E-state index contributed by atoms with van der Waals surface area (Å²) in [6, 6.07) is 13.4. The second-order valence-electron chi connectivity index (χ2n) is 6.07. The van der Waals surface area contributed by atoms with E-state index in [2.05, 4.69) is 9.88 Å². The van der Waals surface area contributed by atoms with E-state index in [1.807, 2.05) is 42.5 Å². The maximum Gasteiger partial charge on any atom is 0.163 e. The van der Waals surface area contributed by atoms with Crippen LogP contribution in [0.2, 0.25) is 5.02 Å². The molecule has 0 aliphatic carbocycles. The van der Waals surface area contributed by atoms with Gasteiger partial charge in [-0.2, -0.15) is 0 Å². The summed E-state index contributed by atoms with van der Waals surface area (Å²) < 4.78 is 0. The number of β-amino-alcohol motifs (C(OH)–C–C–N with tert-alkyl or cyclic N) is 1. The van der Waals surface area contributed by atoms with Crippen LogP contribution in [0.15, 0.2) is 54.9 Å². The first-order valence-corrected chi connectivity index (χ1v) is 8.55. The number of anilines is 1. The molecular formula is C19H17ClN4O. The van der Waals surface area contributed by atoms with Crippen molar-refractivity contribution in [3.8, 4) is 22.6 Å². The average molecular weight is 353 g/mol. The lowest BCUT2D eigenvalue weighted by molar-refractivity contribution is 0.198. The molecule has 126 valence electrons. The Bertz CT molecular complexity index is 870. The molecule has 5 nitrogen and oxygen atoms in total. The number of aromatic nitrogens is 3. The summed E-state index contributed by atoms with van der Waals surface area (Å²) in [5.41, 5.74) is 2.65. The van der Waals surface area contributed by atoms with Gasteiger partial charge in [-0.05, 0) is 30.7 Å². The number of pyridine rings is 1. The molecule has 0 unspecified atom stereocenters. The summed E-state index contributed by atoms with van der Waals surface area (Å²) >= 11 is 6.00. The zero-order chi connectivity index (χ0) is 17.2. The fourth-order valence-electron chi connectivity index (χ4n) is 2.94. The van der Waals surface area contributed by atoms with Crippen LogP contribution < -0.4 is 4.90 Å². The summed E-state index contributed by atoms with van der Waals surface area (Å²) in [5, 5.41) is 10.5. The van der Waals surface area contributed by atoms with E-state index in [-0.39, 0.29) is 6.10 Å². The molecule has 0 amide bonds. The topological polar surface area (TPSA) is 62.1 Å². The fourth-order valence-corrected chi connectivity index (χ4v) is 3.06. The van der Waals surface area contributed by atoms with Crippen LogP contribution in [-0.4, -0.2) is 39.3 Å². The van der Waals surface area contributed by atoms with E-state index in [0.29, 0.717) is 17.4 Å². The molecule has 2 aromatic heterocycles. The van der Waals surface area contributed by atoms with Gasteiger partial charge in [-0.1, -0.05) is 23.7 Å². The summed E-state index contributed by atoms with van der Waals surface area (Å²) in [4.78, 5) is 15.7. The van der Waals surface area contributed by atoms with E-state index in [1.165, 1.54) is 0 Å². The summed E-state index contributed by atoms with van der Waals surface area (Å²) in [7, 11) is 0. The van der Waals surface area contributed by atoms with Gasteiger partial charge < -0.3 is 10.0 Å². The minimum absolute atomic E-state index is 0.309. The van der Waals surface area contributed by atoms with Crippen molar-refractivity contribution in [1.29, 1.82) is 0 Å². The standard InChI is InChI=1S/C19H17ClN4O/c20-15-5-3-13(4-6-15)17-10-18(24-9-7-16(25)12-24)23-19(22-17)14-2-1-8-21-11-14/h1-6,8,10-11,16,25H,7,9,12H2/t16-/m1/s1. The van der Waals surface area contributed by atoms with Crippen LogP contribution in [-0.2, 0) is 0 Å². The largest absolute Gasteiger partial charge is 0.391 e. The van der Waals surface area contributed by atoms with E-state index >= 15 is 0 Å². The minimum Gasteiger partial charge on any atom is -0.391 e. The van der Waals surface area contributed by atoms with Crippen LogP contribution in [0.5, 0.6) is 0 Å². The predicted octanol–water partition coefficient (Wildman–Crippen LogP) is 3.43. The highest BCUT2D eigenvalue weighted by molar-refractivity contribution is 6.30. The molecule has 3 heterocycles. The highest BCUT2D eigenvalue weighted by Crippen LogP contribution is 2.28. The molecule has 25 heavy (non-hydrogen) atoms. The molecule has 1 saturated heterocycles. The lowest BCUT2D eigenvalue weighted by Crippen LogP contribution is -2.22. The molecular weight excluding hydrogens is 336 g/mol. The second kappa shape index (κ2) is 6.78. The number of rotatable bonds is 3. The third-order valence-corrected chi connectivity index (χ3v) is 4.51.